The van der Waals surface area contributed by atoms with Crippen molar-refractivity contribution in [1.82, 2.24) is 15.0 Å². The lowest BCUT2D eigenvalue weighted by Gasteiger charge is -2.38. The lowest BCUT2D eigenvalue weighted by Crippen LogP contribution is -2.48. The van der Waals surface area contributed by atoms with Gasteiger partial charge in [0.15, 0.2) is 0 Å². The number of hydrogen-bond donors (Lipinski definition) is 0. The highest BCUT2D eigenvalue weighted by Crippen LogP contribution is 2.40. The smallest absolute Gasteiger partial charge is 0.378 e. The summed E-state index contributed by atoms with van der Waals surface area (Å²) in [6.07, 6.45) is -3.13. The molecule has 0 saturated carbocycles. The van der Waals surface area contributed by atoms with Gasteiger partial charge in [0, 0.05) is 50.5 Å². The third-order valence-corrected chi connectivity index (χ3v) is 6.56. The Morgan fingerprint density at radius 1 is 0.892 bits per heavy atom. The number of morpholine rings is 1. The van der Waals surface area contributed by atoms with Crippen molar-refractivity contribution in [3.63, 3.8) is 0 Å². The van der Waals surface area contributed by atoms with E-state index in [1.54, 1.807) is 23.1 Å². The van der Waals surface area contributed by atoms with Crippen molar-refractivity contribution < 1.29 is 17.9 Å². The van der Waals surface area contributed by atoms with E-state index in [1.165, 1.54) is 12.3 Å². The van der Waals surface area contributed by atoms with Gasteiger partial charge in [-0.05, 0) is 29.8 Å². The van der Waals surface area contributed by atoms with E-state index in [1.807, 2.05) is 15.9 Å². The van der Waals surface area contributed by atoms with Crippen molar-refractivity contribution >= 4 is 34.9 Å². The lowest BCUT2D eigenvalue weighted by molar-refractivity contribution is -0.137. The molecule has 0 aliphatic carbocycles. The molecule has 4 heterocycles. The van der Waals surface area contributed by atoms with Gasteiger partial charge in [-0.2, -0.15) is 13.2 Å². The van der Waals surface area contributed by atoms with Gasteiger partial charge in [0.25, 0.3) is 5.69 Å². The standard InChI is InChI=1S/C25H23ClF3N7O/c1-30-21-20(17-4-2-5-18(26)16-17)32-24(36-12-14-37-15-13-36)33-23(21)35-10-8-34(9-11-35)22-19(25(27,28)29)6-3-7-31-22/h2-7,16H,8-15H2. The van der Waals surface area contributed by atoms with Crippen LogP contribution in [0.5, 0.6) is 0 Å². The molecule has 0 N–H and O–H groups in total. The molecule has 0 atom stereocenters. The minimum Gasteiger partial charge on any atom is -0.378 e. The number of benzene rings is 1. The Bertz CT molecular complexity index is 1320. The molecule has 0 radical (unpaired) electrons. The third-order valence-electron chi connectivity index (χ3n) is 6.33. The molecule has 0 amide bonds. The van der Waals surface area contributed by atoms with Gasteiger partial charge in [0.1, 0.15) is 11.6 Å². The van der Waals surface area contributed by atoms with Crippen LogP contribution < -0.4 is 14.7 Å². The van der Waals surface area contributed by atoms with Crippen LogP contribution in [-0.4, -0.2) is 67.4 Å². The largest absolute Gasteiger partial charge is 0.419 e. The normalized spacial score (nSPS) is 16.6. The molecule has 2 saturated heterocycles. The van der Waals surface area contributed by atoms with E-state index in [0.717, 1.165) is 6.07 Å². The van der Waals surface area contributed by atoms with Crippen molar-refractivity contribution in [3.05, 3.63) is 64.6 Å². The van der Waals surface area contributed by atoms with Gasteiger partial charge < -0.3 is 19.4 Å². The first-order valence-corrected chi connectivity index (χ1v) is 12.1. The summed E-state index contributed by atoms with van der Waals surface area (Å²) >= 11 is 6.24. The zero-order valence-electron chi connectivity index (χ0n) is 19.7. The molecular formula is C25H23ClF3N7O. The number of rotatable bonds is 4. The molecule has 5 rings (SSSR count). The highest BCUT2D eigenvalue weighted by molar-refractivity contribution is 6.30. The molecule has 12 heteroatoms. The molecule has 2 fully saturated rings. The maximum Gasteiger partial charge on any atom is 0.419 e. The summed E-state index contributed by atoms with van der Waals surface area (Å²) in [5, 5.41) is 0.519. The molecule has 37 heavy (non-hydrogen) atoms. The SMILES string of the molecule is [C-]#[N+]c1c(-c2cccc(Cl)c2)nc(N2CCOCC2)nc1N1CCN(c2ncccc2C(F)(F)F)CC1. The number of aromatic nitrogens is 3. The highest BCUT2D eigenvalue weighted by Gasteiger charge is 2.36. The first-order valence-electron chi connectivity index (χ1n) is 11.8. The fourth-order valence-electron chi connectivity index (χ4n) is 4.50. The Balaban J connectivity index is 1.50. The van der Waals surface area contributed by atoms with Crippen LogP contribution in [-0.2, 0) is 10.9 Å². The van der Waals surface area contributed by atoms with Crippen LogP contribution in [0.25, 0.3) is 16.1 Å². The minimum absolute atomic E-state index is 0.0867. The summed E-state index contributed by atoms with van der Waals surface area (Å²) in [5.74, 6) is 0.849. The summed E-state index contributed by atoms with van der Waals surface area (Å²) < 4.78 is 46.1. The number of nitrogens with zero attached hydrogens (tertiary/aromatic N) is 7. The van der Waals surface area contributed by atoms with Gasteiger partial charge in [-0.3, -0.25) is 0 Å². The second-order valence-electron chi connectivity index (χ2n) is 8.61. The van der Waals surface area contributed by atoms with Crippen molar-refractivity contribution in [3.8, 4) is 11.3 Å². The van der Waals surface area contributed by atoms with Crippen LogP contribution in [0.15, 0.2) is 42.6 Å². The molecule has 8 nitrogen and oxygen atoms in total. The topological polar surface area (TPSA) is 62.0 Å². The zero-order chi connectivity index (χ0) is 26.0. The number of anilines is 3. The average Bonchev–Trinajstić information content (AvgIpc) is 2.92. The van der Waals surface area contributed by atoms with Crippen LogP contribution in [0, 0.1) is 6.57 Å². The number of hydrogen-bond acceptors (Lipinski definition) is 7. The van der Waals surface area contributed by atoms with E-state index >= 15 is 0 Å². The van der Waals surface area contributed by atoms with Crippen LogP contribution in [0.3, 0.4) is 0 Å². The van der Waals surface area contributed by atoms with Crippen molar-refractivity contribution in [1.29, 1.82) is 0 Å². The molecule has 0 spiro atoms. The fourth-order valence-corrected chi connectivity index (χ4v) is 4.69. The zero-order valence-corrected chi connectivity index (χ0v) is 20.5. The molecule has 0 bridgehead atoms. The van der Waals surface area contributed by atoms with Gasteiger partial charge in [-0.15, -0.1) is 0 Å². The van der Waals surface area contributed by atoms with Crippen LogP contribution in [0.2, 0.25) is 5.02 Å². The first-order chi connectivity index (χ1) is 17.8. The molecule has 2 aliphatic rings. The summed E-state index contributed by atoms with van der Waals surface area (Å²) in [7, 11) is 0. The van der Waals surface area contributed by atoms with E-state index in [4.69, 9.17) is 32.9 Å². The van der Waals surface area contributed by atoms with Gasteiger partial charge in [0.2, 0.25) is 5.95 Å². The monoisotopic (exact) mass is 529 g/mol. The van der Waals surface area contributed by atoms with Crippen molar-refractivity contribution in [2.45, 2.75) is 6.18 Å². The lowest BCUT2D eigenvalue weighted by atomic mass is 10.1. The Morgan fingerprint density at radius 3 is 2.24 bits per heavy atom. The molecule has 2 aliphatic heterocycles. The summed E-state index contributed by atoms with van der Waals surface area (Å²) in [6, 6.07) is 9.47. The minimum atomic E-state index is -4.50. The summed E-state index contributed by atoms with van der Waals surface area (Å²) in [4.78, 5) is 22.9. The van der Waals surface area contributed by atoms with E-state index in [2.05, 4.69) is 9.83 Å². The van der Waals surface area contributed by atoms with E-state index in [9.17, 15) is 13.2 Å². The third kappa shape index (κ3) is 5.26. The quantitative estimate of drug-likeness (QED) is 0.444. The Labute approximate surface area is 217 Å². The Hall–Kier alpha value is -3.62. The number of pyridine rings is 1. The van der Waals surface area contributed by atoms with Crippen LogP contribution >= 0.6 is 11.6 Å². The average molecular weight is 530 g/mol. The van der Waals surface area contributed by atoms with Gasteiger partial charge in [-0.25, -0.2) is 19.8 Å². The highest BCUT2D eigenvalue weighted by atomic mass is 35.5. The van der Waals surface area contributed by atoms with Gasteiger partial charge in [-0.1, -0.05) is 23.7 Å². The van der Waals surface area contributed by atoms with Gasteiger partial charge in [0.05, 0.1) is 31.0 Å². The maximum absolute atomic E-state index is 13.5. The Morgan fingerprint density at radius 2 is 1.59 bits per heavy atom. The molecule has 2 aromatic heterocycles. The molecule has 1 aromatic carbocycles. The number of piperazine rings is 1. The summed E-state index contributed by atoms with van der Waals surface area (Å²) in [5.41, 5.74) is 0.681. The number of alkyl halides is 3. The van der Waals surface area contributed by atoms with Crippen LogP contribution in [0.4, 0.5) is 36.4 Å². The predicted molar refractivity (Wildman–Crippen MR) is 135 cm³/mol. The van der Waals surface area contributed by atoms with Crippen molar-refractivity contribution in [2.24, 2.45) is 0 Å². The molecule has 0 unspecified atom stereocenters. The summed E-state index contributed by atoms with van der Waals surface area (Å²) in [6.45, 7) is 11.6. The second kappa shape index (κ2) is 10.4. The molecule has 3 aromatic rings. The second-order valence-corrected chi connectivity index (χ2v) is 9.05. The van der Waals surface area contributed by atoms with E-state index < -0.39 is 11.7 Å². The van der Waals surface area contributed by atoms with Gasteiger partial charge >= 0.3 is 6.18 Å². The first kappa shape index (κ1) is 25.0. The predicted octanol–water partition coefficient (Wildman–Crippen LogP) is 4.92. The fraction of sp³-hybridized carbons (Fsp3) is 0.360. The van der Waals surface area contributed by atoms with E-state index in [-0.39, 0.29) is 11.5 Å². The number of halogens is 4. The maximum atomic E-state index is 13.5. The van der Waals surface area contributed by atoms with E-state index in [0.29, 0.717) is 80.5 Å². The molecular weight excluding hydrogens is 507 g/mol. The molecule has 192 valence electrons. The number of ether oxygens (including phenoxy) is 1. The Kier molecular flexibility index (Phi) is 7.04. The van der Waals surface area contributed by atoms with Crippen molar-refractivity contribution in [2.75, 3.05) is 67.2 Å². The van der Waals surface area contributed by atoms with Crippen LogP contribution in [0.1, 0.15) is 5.56 Å².